The molecule has 0 aliphatic heterocycles. The molecule has 0 bridgehead atoms. The van der Waals surface area contributed by atoms with Crippen LogP contribution >= 0.6 is 23.4 Å². The van der Waals surface area contributed by atoms with Crippen molar-refractivity contribution in [3.05, 3.63) is 29.3 Å². The lowest BCUT2D eigenvalue weighted by atomic mass is 10.0. The molecule has 19 heavy (non-hydrogen) atoms. The normalized spacial score (nSPS) is 16.3. The third-order valence-electron chi connectivity index (χ3n) is 3.36. The molecule has 1 fully saturated rings. The number of thioether (sulfide) groups is 1. The lowest BCUT2D eigenvalue weighted by molar-refractivity contribution is -0.115. The van der Waals surface area contributed by atoms with Gasteiger partial charge in [-0.3, -0.25) is 4.79 Å². The number of nitrogens with one attached hydrogen (secondary N) is 1. The number of anilines is 1. The molecule has 1 aromatic carbocycles. The van der Waals surface area contributed by atoms with E-state index < -0.39 is 0 Å². The van der Waals surface area contributed by atoms with Crippen LogP contribution in [0.15, 0.2) is 24.3 Å². The molecule has 0 heterocycles. The third kappa shape index (κ3) is 5.45. The highest BCUT2D eigenvalue weighted by Crippen LogP contribution is 2.28. The van der Waals surface area contributed by atoms with Gasteiger partial charge in [-0.25, -0.2) is 0 Å². The quantitative estimate of drug-likeness (QED) is 0.851. The number of amides is 1. The zero-order valence-corrected chi connectivity index (χ0v) is 12.6. The van der Waals surface area contributed by atoms with Crippen molar-refractivity contribution >= 4 is 35.0 Å². The van der Waals surface area contributed by atoms with E-state index in [0.29, 0.717) is 11.4 Å². The van der Waals surface area contributed by atoms with Crippen LogP contribution in [0.1, 0.15) is 38.5 Å². The Morgan fingerprint density at radius 1 is 1.21 bits per heavy atom. The Hall–Kier alpha value is -0.670. The molecule has 1 aliphatic carbocycles. The van der Waals surface area contributed by atoms with Crippen molar-refractivity contribution in [1.29, 1.82) is 0 Å². The summed E-state index contributed by atoms with van der Waals surface area (Å²) in [5.74, 6) is 1.01. The van der Waals surface area contributed by atoms with Gasteiger partial charge in [0.05, 0.1) is 0 Å². The molecule has 2 rings (SSSR count). The Kier molecular flexibility index (Phi) is 6.05. The highest BCUT2D eigenvalue weighted by atomic mass is 35.5. The summed E-state index contributed by atoms with van der Waals surface area (Å²) in [5.41, 5.74) is 0.817. The van der Waals surface area contributed by atoms with E-state index in [2.05, 4.69) is 5.32 Å². The monoisotopic (exact) mass is 297 g/mol. The lowest BCUT2D eigenvalue weighted by Gasteiger charge is -2.20. The van der Waals surface area contributed by atoms with Gasteiger partial charge in [-0.1, -0.05) is 30.9 Å². The van der Waals surface area contributed by atoms with Crippen LogP contribution in [0.5, 0.6) is 0 Å². The van der Waals surface area contributed by atoms with Crippen LogP contribution in [0, 0.1) is 0 Å². The average molecular weight is 298 g/mol. The van der Waals surface area contributed by atoms with E-state index >= 15 is 0 Å². The first-order valence-corrected chi connectivity index (χ1v) is 8.34. The van der Waals surface area contributed by atoms with E-state index in [1.165, 1.54) is 32.1 Å². The molecule has 1 aliphatic rings. The van der Waals surface area contributed by atoms with Gasteiger partial charge in [0.25, 0.3) is 0 Å². The molecule has 0 atom stereocenters. The van der Waals surface area contributed by atoms with E-state index in [1.54, 1.807) is 12.1 Å². The van der Waals surface area contributed by atoms with Crippen molar-refractivity contribution in [2.45, 2.75) is 43.8 Å². The highest BCUT2D eigenvalue weighted by Gasteiger charge is 2.14. The zero-order valence-electron chi connectivity index (χ0n) is 11.0. The van der Waals surface area contributed by atoms with E-state index in [-0.39, 0.29) is 5.91 Å². The smallest absolute Gasteiger partial charge is 0.225 e. The van der Waals surface area contributed by atoms with E-state index in [1.807, 2.05) is 23.9 Å². The fourth-order valence-electron chi connectivity index (χ4n) is 2.31. The maximum Gasteiger partial charge on any atom is 0.225 e. The maximum atomic E-state index is 11.8. The molecule has 0 saturated heterocycles. The van der Waals surface area contributed by atoms with Gasteiger partial charge in [0.2, 0.25) is 5.91 Å². The van der Waals surface area contributed by atoms with Crippen LogP contribution in [0.2, 0.25) is 5.02 Å². The number of carbonyl (C=O) groups excluding carboxylic acids is 1. The molecule has 0 spiro atoms. The standard InChI is InChI=1S/C15H20ClNOS/c16-12-6-8-13(9-7-12)17-15(18)10-11-19-14-4-2-1-3-5-14/h6-9,14H,1-5,10-11H2,(H,17,18). The molecule has 0 unspecified atom stereocenters. The predicted octanol–water partition coefficient (Wildman–Crippen LogP) is 4.73. The SMILES string of the molecule is O=C(CCSC1CCCCC1)Nc1ccc(Cl)cc1. The predicted molar refractivity (Wildman–Crippen MR) is 84.0 cm³/mol. The van der Waals surface area contributed by atoms with Gasteiger partial charge in [-0.2, -0.15) is 11.8 Å². The number of hydrogen-bond donors (Lipinski definition) is 1. The van der Waals surface area contributed by atoms with Crippen LogP contribution in [0.3, 0.4) is 0 Å². The van der Waals surface area contributed by atoms with Gasteiger partial charge >= 0.3 is 0 Å². The Morgan fingerprint density at radius 3 is 2.58 bits per heavy atom. The first-order valence-electron chi connectivity index (χ1n) is 6.91. The van der Waals surface area contributed by atoms with Crippen molar-refractivity contribution in [2.75, 3.05) is 11.1 Å². The van der Waals surface area contributed by atoms with Gasteiger partial charge in [0, 0.05) is 28.1 Å². The molecule has 1 saturated carbocycles. The van der Waals surface area contributed by atoms with Crippen LogP contribution < -0.4 is 5.32 Å². The number of carbonyl (C=O) groups is 1. The minimum Gasteiger partial charge on any atom is -0.326 e. The Bertz CT molecular complexity index is 401. The molecule has 0 aromatic heterocycles. The number of rotatable bonds is 5. The van der Waals surface area contributed by atoms with Gasteiger partial charge < -0.3 is 5.32 Å². The van der Waals surface area contributed by atoms with Crippen molar-refractivity contribution in [1.82, 2.24) is 0 Å². The van der Waals surface area contributed by atoms with Crippen molar-refractivity contribution in [3.63, 3.8) is 0 Å². The molecule has 1 aromatic rings. The summed E-state index contributed by atoms with van der Waals surface area (Å²) in [7, 11) is 0. The van der Waals surface area contributed by atoms with Gasteiger partial charge in [0.1, 0.15) is 0 Å². The van der Waals surface area contributed by atoms with Gasteiger partial charge in [0.15, 0.2) is 0 Å². The second-order valence-electron chi connectivity index (χ2n) is 4.94. The minimum atomic E-state index is 0.0885. The fourth-order valence-corrected chi connectivity index (χ4v) is 3.74. The number of hydrogen-bond acceptors (Lipinski definition) is 2. The largest absolute Gasteiger partial charge is 0.326 e. The molecule has 4 heteroatoms. The fraction of sp³-hybridized carbons (Fsp3) is 0.533. The summed E-state index contributed by atoms with van der Waals surface area (Å²) in [4.78, 5) is 11.8. The second kappa shape index (κ2) is 7.81. The van der Waals surface area contributed by atoms with Crippen LogP contribution in [0.4, 0.5) is 5.69 Å². The van der Waals surface area contributed by atoms with Crippen molar-refractivity contribution in [3.8, 4) is 0 Å². The molecular weight excluding hydrogens is 278 g/mol. The molecule has 1 N–H and O–H groups in total. The number of halogens is 1. The third-order valence-corrected chi connectivity index (χ3v) is 5.00. The molecular formula is C15H20ClNOS. The first kappa shape index (κ1) is 14.7. The average Bonchev–Trinajstić information content (AvgIpc) is 2.43. The molecule has 2 nitrogen and oxygen atoms in total. The van der Waals surface area contributed by atoms with E-state index in [9.17, 15) is 4.79 Å². The first-order chi connectivity index (χ1) is 9.24. The maximum absolute atomic E-state index is 11.8. The molecule has 0 radical (unpaired) electrons. The Labute approximate surface area is 124 Å². The Balaban J connectivity index is 1.65. The van der Waals surface area contributed by atoms with E-state index in [0.717, 1.165) is 16.7 Å². The summed E-state index contributed by atoms with van der Waals surface area (Å²) in [6, 6.07) is 7.23. The Morgan fingerprint density at radius 2 is 1.89 bits per heavy atom. The summed E-state index contributed by atoms with van der Waals surface area (Å²) < 4.78 is 0. The molecule has 1 amide bonds. The van der Waals surface area contributed by atoms with Crippen molar-refractivity contribution in [2.24, 2.45) is 0 Å². The minimum absolute atomic E-state index is 0.0885. The summed E-state index contributed by atoms with van der Waals surface area (Å²) in [6.07, 6.45) is 7.33. The number of benzene rings is 1. The van der Waals surface area contributed by atoms with E-state index in [4.69, 9.17) is 11.6 Å². The second-order valence-corrected chi connectivity index (χ2v) is 6.78. The lowest BCUT2D eigenvalue weighted by Crippen LogP contribution is -2.14. The van der Waals surface area contributed by atoms with Crippen molar-refractivity contribution < 1.29 is 4.79 Å². The van der Waals surface area contributed by atoms with Gasteiger partial charge in [-0.05, 0) is 37.1 Å². The summed E-state index contributed by atoms with van der Waals surface area (Å²) in [5, 5.41) is 4.36. The zero-order chi connectivity index (χ0) is 13.5. The molecule has 104 valence electrons. The van der Waals surface area contributed by atoms with Crippen LogP contribution in [-0.4, -0.2) is 16.9 Å². The van der Waals surface area contributed by atoms with Crippen LogP contribution in [-0.2, 0) is 4.79 Å². The van der Waals surface area contributed by atoms with Gasteiger partial charge in [-0.15, -0.1) is 0 Å². The topological polar surface area (TPSA) is 29.1 Å². The summed E-state index contributed by atoms with van der Waals surface area (Å²) >= 11 is 7.76. The van der Waals surface area contributed by atoms with Crippen LogP contribution in [0.25, 0.3) is 0 Å². The highest BCUT2D eigenvalue weighted by molar-refractivity contribution is 7.99. The summed E-state index contributed by atoms with van der Waals surface area (Å²) in [6.45, 7) is 0.